The molecular formula is C16H23N3OS. The van der Waals surface area contributed by atoms with E-state index in [1.165, 1.54) is 5.56 Å². The fourth-order valence-corrected chi connectivity index (χ4v) is 2.81. The molecule has 0 radical (unpaired) electrons. The summed E-state index contributed by atoms with van der Waals surface area (Å²) in [6.07, 6.45) is 1.15. The third-order valence-electron chi connectivity index (χ3n) is 3.18. The first kappa shape index (κ1) is 15.8. The summed E-state index contributed by atoms with van der Waals surface area (Å²) in [6, 6.07) is 8.16. The minimum Gasteiger partial charge on any atom is -0.497 e. The van der Waals surface area contributed by atoms with Gasteiger partial charge in [-0.05, 0) is 30.7 Å². The van der Waals surface area contributed by atoms with Crippen LogP contribution in [0.3, 0.4) is 0 Å². The SMILES string of the molecule is CCCNCc1csc(N(C)Cc2ccc(OC)cc2)n1. The van der Waals surface area contributed by atoms with Gasteiger partial charge in [0.05, 0.1) is 12.8 Å². The van der Waals surface area contributed by atoms with Gasteiger partial charge in [-0.25, -0.2) is 4.98 Å². The maximum Gasteiger partial charge on any atom is 0.185 e. The van der Waals surface area contributed by atoms with E-state index >= 15 is 0 Å². The summed E-state index contributed by atoms with van der Waals surface area (Å²) in [6.45, 7) is 4.90. The van der Waals surface area contributed by atoms with Crippen LogP contribution in [-0.4, -0.2) is 25.7 Å². The van der Waals surface area contributed by atoms with Crippen LogP contribution in [0.1, 0.15) is 24.6 Å². The highest BCUT2D eigenvalue weighted by Gasteiger charge is 2.07. The second-order valence-electron chi connectivity index (χ2n) is 5.00. The average molecular weight is 305 g/mol. The molecule has 4 nitrogen and oxygen atoms in total. The molecule has 2 rings (SSSR count). The van der Waals surface area contributed by atoms with Crippen LogP contribution in [-0.2, 0) is 13.1 Å². The van der Waals surface area contributed by atoms with Gasteiger partial charge in [-0.2, -0.15) is 0 Å². The smallest absolute Gasteiger partial charge is 0.185 e. The number of nitrogens with one attached hydrogen (secondary N) is 1. The van der Waals surface area contributed by atoms with E-state index in [0.29, 0.717) is 0 Å². The van der Waals surface area contributed by atoms with E-state index in [4.69, 9.17) is 4.74 Å². The van der Waals surface area contributed by atoms with Crippen LogP contribution in [0, 0.1) is 0 Å². The Kier molecular flexibility index (Phi) is 6.02. The van der Waals surface area contributed by atoms with Crippen molar-refractivity contribution in [3.05, 3.63) is 40.9 Å². The summed E-state index contributed by atoms with van der Waals surface area (Å²) < 4.78 is 5.18. The topological polar surface area (TPSA) is 37.4 Å². The Balaban J connectivity index is 1.91. The Morgan fingerprint density at radius 2 is 2.05 bits per heavy atom. The highest BCUT2D eigenvalue weighted by Crippen LogP contribution is 2.21. The molecule has 0 fully saturated rings. The largest absolute Gasteiger partial charge is 0.497 e. The molecule has 114 valence electrons. The number of nitrogens with zero attached hydrogens (tertiary/aromatic N) is 2. The highest BCUT2D eigenvalue weighted by molar-refractivity contribution is 7.13. The van der Waals surface area contributed by atoms with Gasteiger partial charge >= 0.3 is 0 Å². The maximum absolute atomic E-state index is 5.18. The molecule has 0 aliphatic carbocycles. The van der Waals surface area contributed by atoms with E-state index < -0.39 is 0 Å². The van der Waals surface area contributed by atoms with Crippen molar-refractivity contribution >= 4 is 16.5 Å². The van der Waals surface area contributed by atoms with Crippen molar-refractivity contribution in [1.29, 1.82) is 0 Å². The third kappa shape index (κ3) is 4.72. The van der Waals surface area contributed by atoms with Gasteiger partial charge in [-0.15, -0.1) is 11.3 Å². The Bertz CT molecular complexity index is 539. The van der Waals surface area contributed by atoms with Crippen LogP contribution in [0.25, 0.3) is 0 Å². The molecule has 0 saturated carbocycles. The lowest BCUT2D eigenvalue weighted by Crippen LogP contribution is -2.17. The maximum atomic E-state index is 5.18. The van der Waals surface area contributed by atoms with Gasteiger partial charge in [0.25, 0.3) is 0 Å². The van der Waals surface area contributed by atoms with Crippen molar-refractivity contribution in [1.82, 2.24) is 10.3 Å². The number of thiazole rings is 1. The fourth-order valence-electron chi connectivity index (χ4n) is 2.02. The second kappa shape index (κ2) is 8.00. The second-order valence-corrected chi connectivity index (χ2v) is 5.84. The average Bonchev–Trinajstić information content (AvgIpc) is 2.97. The predicted octanol–water partition coefficient (Wildman–Crippen LogP) is 3.29. The zero-order valence-electron chi connectivity index (χ0n) is 12.9. The Labute approximate surface area is 130 Å². The zero-order valence-corrected chi connectivity index (χ0v) is 13.7. The van der Waals surface area contributed by atoms with Crippen molar-refractivity contribution in [2.24, 2.45) is 0 Å². The van der Waals surface area contributed by atoms with Crippen LogP contribution in [0.4, 0.5) is 5.13 Å². The van der Waals surface area contributed by atoms with E-state index in [1.807, 2.05) is 12.1 Å². The quantitative estimate of drug-likeness (QED) is 0.759. The third-order valence-corrected chi connectivity index (χ3v) is 4.18. The lowest BCUT2D eigenvalue weighted by Gasteiger charge is -2.16. The predicted molar refractivity (Wildman–Crippen MR) is 89.2 cm³/mol. The molecule has 0 bridgehead atoms. The van der Waals surface area contributed by atoms with Crippen LogP contribution in [0.5, 0.6) is 5.75 Å². The van der Waals surface area contributed by atoms with Gasteiger partial charge in [0.15, 0.2) is 5.13 Å². The Morgan fingerprint density at radius 1 is 1.29 bits per heavy atom. The molecule has 1 heterocycles. The lowest BCUT2D eigenvalue weighted by atomic mass is 10.2. The molecule has 21 heavy (non-hydrogen) atoms. The van der Waals surface area contributed by atoms with Gasteiger partial charge in [-0.3, -0.25) is 0 Å². The molecule has 0 unspecified atom stereocenters. The first-order valence-electron chi connectivity index (χ1n) is 7.22. The van der Waals surface area contributed by atoms with Crippen LogP contribution < -0.4 is 15.0 Å². The molecule has 0 spiro atoms. The van der Waals surface area contributed by atoms with E-state index in [2.05, 4.69) is 46.7 Å². The first-order valence-corrected chi connectivity index (χ1v) is 8.10. The standard InChI is InChI=1S/C16H23N3OS/c1-4-9-17-10-14-12-21-16(18-14)19(2)11-13-5-7-15(20-3)8-6-13/h5-8,12,17H,4,9-11H2,1-3H3. The summed E-state index contributed by atoms with van der Waals surface area (Å²) in [5, 5.41) is 6.56. The molecule has 1 aromatic carbocycles. The molecule has 0 aliphatic heterocycles. The van der Waals surface area contributed by atoms with Gasteiger partial charge in [0.1, 0.15) is 5.75 Å². The summed E-state index contributed by atoms with van der Waals surface area (Å²) >= 11 is 1.69. The van der Waals surface area contributed by atoms with Crippen molar-refractivity contribution in [2.45, 2.75) is 26.4 Å². The minimum absolute atomic E-state index is 0.847. The lowest BCUT2D eigenvalue weighted by molar-refractivity contribution is 0.414. The van der Waals surface area contributed by atoms with Crippen molar-refractivity contribution < 1.29 is 4.74 Å². The van der Waals surface area contributed by atoms with E-state index in [-0.39, 0.29) is 0 Å². The molecule has 2 aromatic rings. The van der Waals surface area contributed by atoms with Crippen molar-refractivity contribution in [3.63, 3.8) is 0 Å². The Hall–Kier alpha value is -1.59. The molecule has 0 aliphatic rings. The summed E-state index contributed by atoms with van der Waals surface area (Å²) in [7, 11) is 3.76. The number of hydrogen-bond acceptors (Lipinski definition) is 5. The van der Waals surface area contributed by atoms with Crippen LogP contribution >= 0.6 is 11.3 Å². The molecule has 5 heteroatoms. The van der Waals surface area contributed by atoms with Gasteiger partial charge in [0, 0.05) is 25.5 Å². The molecule has 1 aromatic heterocycles. The van der Waals surface area contributed by atoms with E-state index in [9.17, 15) is 0 Å². The van der Waals surface area contributed by atoms with E-state index in [1.54, 1.807) is 18.4 Å². The number of aromatic nitrogens is 1. The monoisotopic (exact) mass is 305 g/mol. The number of methoxy groups -OCH3 is 1. The zero-order chi connectivity index (χ0) is 15.1. The number of hydrogen-bond donors (Lipinski definition) is 1. The summed E-state index contributed by atoms with van der Waals surface area (Å²) in [4.78, 5) is 6.85. The van der Waals surface area contributed by atoms with Crippen molar-refractivity contribution in [2.75, 3.05) is 25.6 Å². The molecule has 1 N–H and O–H groups in total. The molecule has 0 amide bonds. The summed E-state index contributed by atoms with van der Waals surface area (Å²) in [5.74, 6) is 0.889. The number of rotatable bonds is 8. The van der Waals surface area contributed by atoms with E-state index in [0.717, 1.165) is 42.6 Å². The molecular weight excluding hydrogens is 282 g/mol. The number of benzene rings is 1. The number of anilines is 1. The normalized spacial score (nSPS) is 10.6. The van der Waals surface area contributed by atoms with Gasteiger partial charge < -0.3 is 15.0 Å². The number of ether oxygens (including phenoxy) is 1. The first-order chi connectivity index (χ1) is 10.2. The summed E-state index contributed by atoms with van der Waals surface area (Å²) in [5.41, 5.74) is 2.36. The van der Waals surface area contributed by atoms with Crippen molar-refractivity contribution in [3.8, 4) is 5.75 Å². The van der Waals surface area contributed by atoms with Gasteiger partial charge in [0.2, 0.25) is 0 Å². The van der Waals surface area contributed by atoms with Crippen LogP contribution in [0.15, 0.2) is 29.6 Å². The minimum atomic E-state index is 0.847. The highest BCUT2D eigenvalue weighted by atomic mass is 32.1. The van der Waals surface area contributed by atoms with Crippen LogP contribution in [0.2, 0.25) is 0 Å². The Morgan fingerprint density at radius 3 is 2.71 bits per heavy atom. The molecule has 0 saturated heterocycles. The molecule has 0 atom stereocenters. The fraction of sp³-hybridized carbons (Fsp3) is 0.438. The van der Waals surface area contributed by atoms with Gasteiger partial charge in [-0.1, -0.05) is 19.1 Å².